The van der Waals surface area contributed by atoms with Crippen molar-refractivity contribution in [3.05, 3.63) is 65.7 Å². The van der Waals surface area contributed by atoms with Gasteiger partial charge in [0.1, 0.15) is 35.1 Å². The normalized spacial score (nSPS) is 13.8. The van der Waals surface area contributed by atoms with E-state index in [2.05, 4.69) is 10.6 Å². The molecule has 2 rings (SSSR count). The molecule has 2 aromatic carbocycles. The second kappa shape index (κ2) is 15.1. The number of aromatic hydroxyl groups is 1. The number of esters is 1. The molecule has 0 bridgehead atoms. The first-order chi connectivity index (χ1) is 21.1. The van der Waals surface area contributed by atoms with Crippen LogP contribution >= 0.6 is 0 Å². The Labute approximate surface area is 271 Å². The maximum absolute atomic E-state index is 14.4. The van der Waals surface area contributed by atoms with Crippen LogP contribution < -0.4 is 16.4 Å². The molecule has 0 aliphatic carbocycles. The fraction of sp³-hybridized carbons (Fsp3) is 0.500. The van der Waals surface area contributed by atoms with Gasteiger partial charge in [0.25, 0.3) is 0 Å². The highest BCUT2D eigenvalue weighted by molar-refractivity contribution is 5.96. The van der Waals surface area contributed by atoms with Crippen LogP contribution in [0.1, 0.15) is 85.9 Å². The lowest BCUT2D eigenvalue weighted by atomic mass is 9.94. The monoisotopic (exact) mass is 640 g/mol. The minimum absolute atomic E-state index is 0.0783. The Morgan fingerprint density at radius 3 is 1.80 bits per heavy atom. The number of benzene rings is 2. The molecule has 0 spiro atoms. The van der Waals surface area contributed by atoms with Crippen LogP contribution in [0.5, 0.6) is 5.75 Å². The van der Waals surface area contributed by atoms with Crippen molar-refractivity contribution in [2.45, 2.75) is 110 Å². The SMILES string of the molecule is CC(C)(C)OC(=O)NC(CC(N)=O)C(=O)N(C(C(=O)NC(Cc1ccccc1)C(=O)OC(C)(C)C)c1ccc(O)cc1)C(C)(C)C. The van der Waals surface area contributed by atoms with Gasteiger partial charge in [-0.15, -0.1) is 0 Å². The second-order valence-electron chi connectivity index (χ2n) is 14.0. The Morgan fingerprint density at radius 1 is 0.783 bits per heavy atom. The van der Waals surface area contributed by atoms with Gasteiger partial charge < -0.3 is 35.8 Å². The first-order valence-corrected chi connectivity index (χ1v) is 15.0. The van der Waals surface area contributed by atoms with Gasteiger partial charge in [-0.05, 0) is 85.6 Å². The van der Waals surface area contributed by atoms with E-state index in [1.165, 1.54) is 29.2 Å². The number of hydrogen-bond donors (Lipinski definition) is 4. The number of phenolic OH excluding ortho intramolecular Hbond substituents is 1. The predicted octanol–water partition coefficient (Wildman–Crippen LogP) is 3.90. The highest BCUT2D eigenvalue weighted by atomic mass is 16.6. The number of ether oxygens (including phenoxy) is 2. The molecule has 0 aromatic heterocycles. The fourth-order valence-corrected chi connectivity index (χ4v) is 4.61. The molecule has 0 fully saturated rings. The van der Waals surface area contributed by atoms with Crippen LogP contribution in [0.25, 0.3) is 0 Å². The number of nitrogens with zero attached hydrogens (tertiary/aromatic N) is 1. The number of alkyl carbamates (subject to hydrolysis) is 1. The summed E-state index contributed by atoms with van der Waals surface area (Å²) in [5.41, 5.74) is 3.66. The number of carbonyl (C=O) groups is 5. The van der Waals surface area contributed by atoms with Gasteiger partial charge in [-0.3, -0.25) is 14.4 Å². The highest BCUT2D eigenvalue weighted by Gasteiger charge is 2.43. The zero-order valence-electron chi connectivity index (χ0n) is 28.2. The van der Waals surface area contributed by atoms with Crippen molar-refractivity contribution in [3.8, 4) is 5.75 Å². The van der Waals surface area contributed by atoms with Crippen molar-refractivity contribution in [3.63, 3.8) is 0 Å². The average molecular weight is 641 g/mol. The van der Waals surface area contributed by atoms with Gasteiger partial charge in [-0.2, -0.15) is 0 Å². The number of hydrogen-bond acceptors (Lipinski definition) is 8. The molecule has 2 aromatic rings. The largest absolute Gasteiger partial charge is 0.508 e. The molecule has 12 heteroatoms. The van der Waals surface area contributed by atoms with E-state index in [9.17, 15) is 29.1 Å². The smallest absolute Gasteiger partial charge is 0.408 e. The molecule has 3 unspecified atom stereocenters. The maximum Gasteiger partial charge on any atom is 0.408 e. The summed E-state index contributed by atoms with van der Waals surface area (Å²) in [6.45, 7) is 15.1. The third-order valence-corrected chi connectivity index (χ3v) is 6.36. The zero-order chi connectivity index (χ0) is 35.0. The Balaban J connectivity index is 2.65. The van der Waals surface area contributed by atoms with Crippen molar-refractivity contribution in [1.29, 1.82) is 0 Å². The van der Waals surface area contributed by atoms with Crippen molar-refractivity contribution in [1.82, 2.24) is 15.5 Å². The molecule has 3 atom stereocenters. The van der Waals surface area contributed by atoms with Gasteiger partial charge in [-0.1, -0.05) is 42.5 Å². The summed E-state index contributed by atoms with van der Waals surface area (Å²) in [4.78, 5) is 68.1. The summed E-state index contributed by atoms with van der Waals surface area (Å²) >= 11 is 0. The summed E-state index contributed by atoms with van der Waals surface area (Å²) < 4.78 is 10.9. The van der Waals surface area contributed by atoms with Gasteiger partial charge in [0, 0.05) is 12.0 Å². The van der Waals surface area contributed by atoms with E-state index in [1.54, 1.807) is 74.4 Å². The minimum Gasteiger partial charge on any atom is -0.508 e. The van der Waals surface area contributed by atoms with E-state index in [-0.39, 0.29) is 17.7 Å². The van der Waals surface area contributed by atoms with Gasteiger partial charge in [0.15, 0.2) is 0 Å². The lowest BCUT2D eigenvalue weighted by Gasteiger charge is -2.43. The Hall–Kier alpha value is -4.61. The highest BCUT2D eigenvalue weighted by Crippen LogP contribution is 2.31. The summed E-state index contributed by atoms with van der Waals surface area (Å²) in [5, 5.41) is 15.2. The zero-order valence-corrected chi connectivity index (χ0v) is 28.2. The van der Waals surface area contributed by atoms with Crippen molar-refractivity contribution in [2.24, 2.45) is 5.73 Å². The number of amides is 4. The van der Waals surface area contributed by atoms with Gasteiger partial charge in [0.2, 0.25) is 17.7 Å². The van der Waals surface area contributed by atoms with Crippen LogP contribution in [-0.2, 0) is 35.1 Å². The van der Waals surface area contributed by atoms with Crippen molar-refractivity contribution >= 4 is 29.8 Å². The molecule has 252 valence electrons. The molecular weight excluding hydrogens is 592 g/mol. The van der Waals surface area contributed by atoms with E-state index in [4.69, 9.17) is 15.2 Å². The van der Waals surface area contributed by atoms with E-state index in [0.717, 1.165) is 5.56 Å². The number of nitrogens with one attached hydrogen (secondary N) is 2. The topological polar surface area (TPSA) is 177 Å². The van der Waals surface area contributed by atoms with Crippen molar-refractivity contribution in [2.75, 3.05) is 0 Å². The van der Waals surface area contributed by atoms with Crippen LogP contribution in [-0.4, -0.2) is 68.6 Å². The summed E-state index contributed by atoms with van der Waals surface area (Å²) in [6.07, 6.45) is -1.44. The van der Waals surface area contributed by atoms with Gasteiger partial charge in [0.05, 0.1) is 6.42 Å². The van der Waals surface area contributed by atoms with Crippen LogP contribution in [0.15, 0.2) is 54.6 Å². The van der Waals surface area contributed by atoms with Crippen LogP contribution in [0.2, 0.25) is 0 Å². The molecule has 4 amide bonds. The van der Waals surface area contributed by atoms with Crippen molar-refractivity contribution < 1.29 is 38.6 Å². The van der Waals surface area contributed by atoms with Crippen LogP contribution in [0, 0.1) is 0 Å². The van der Waals surface area contributed by atoms with E-state index >= 15 is 0 Å². The minimum atomic E-state index is -1.50. The Bertz CT molecular complexity index is 1370. The molecule has 0 radical (unpaired) electrons. The first-order valence-electron chi connectivity index (χ1n) is 15.0. The number of nitrogens with two attached hydrogens (primary N) is 1. The fourth-order valence-electron chi connectivity index (χ4n) is 4.61. The predicted molar refractivity (Wildman–Crippen MR) is 172 cm³/mol. The van der Waals surface area contributed by atoms with Gasteiger partial charge >= 0.3 is 12.1 Å². The lowest BCUT2D eigenvalue weighted by Crippen LogP contribution is -2.60. The first kappa shape index (κ1) is 37.6. The quantitative estimate of drug-likeness (QED) is 0.267. The number of carbonyl (C=O) groups excluding carboxylic acids is 5. The standard InChI is InChI=1S/C34H48N4O8/c1-32(2,3)38(29(42)24(20-26(35)40)37-31(44)46-34(7,8)9)27(22-15-17-23(39)18-16-22)28(41)36-25(30(43)45-33(4,5)6)19-21-13-11-10-12-14-21/h10-18,24-25,27,39H,19-20H2,1-9H3,(H2,35,40)(H,36,41)(H,37,44). The lowest BCUT2D eigenvalue weighted by molar-refractivity contribution is -0.159. The van der Waals surface area contributed by atoms with Crippen LogP contribution in [0.3, 0.4) is 0 Å². The molecular formula is C34H48N4O8. The third-order valence-electron chi connectivity index (χ3n) is 6.36. The van der Waals surface area contributed by atoms with E-state index in [1.807, 2.05) is 18.2 Å². The van der Waals surface area contributed by atoms with E-state index < -0.39 is 71.1 Å². The number of phenols is 1. The molecule has 0 heterocycles. The van der Waals surface area contributed by atoms with Gasteiger partial charge in [-0.25, -0.2) is 9.59 Å². The average Bonchev–Trinajstić information content (AvgIpc) is 2.88. The molecule has 12 nitrogen and oxygen atoms in total. The molecule has 0 saturated carbocycles. The summed E-state index contributed by atoms with van der Waals surface area (Å²) in [7, 11) is 0. The van der Waals surface area contributed by atoms with E-state index in [0.29, 0.717) is 0 Å². The molecule has 0 aliphatic heterocycles. The Morgan fingerprint density at radius 2 is 1.33 bits per heavy atom. The molecule has 0 aliphatic rings. The molecule has 46 heavy (non-hydrogen) atoms. The summed E-state index contributed by atoms with van der Waals surface area (Å²) in [5.74, 6) is -3.17. The maximum atomic E-state index is 14.4. The number of rotatable bonds is 11. The second-order valence-corrected chi connectivity index (χ2v) is 14.0. The Kier molecular flexibility index (Phi) is 12.3. The summed E-state index contributed by atoms with van der Waals surface area (Å²) in [6, 6.07) is 10.7. The molecule has 0 saturated heterocycles. The third kappa shape index (κ3) is 12.1. The number of primary amides is 1. The van der Waals surface area contributed by atoms with Crippen LogP contribution in [0.4, 0.5) is 4.79 Å². The molecule has 5 N–H and O–H groups in total.